The standard InChI is InChI=1S/C38H66O7/c1-3-5-7-9-11-15-21-31-33(43-31)23-17-13-19-25-41-37(39)29-27-35-36(45-35)28-30(29)38(40)42-26-20-14-18-24-34-32(44-34)22-16-12-10-8-6-4-2/h29-36H,3-28H2,1-2H3. The molecule has 1 saturated carbocycles. The van der Waals surface area contributed by atoms with Gasteiger partial charge in [0.2, 0.25) is 0 Å². The predicted molar refractivity (Wildman–Crippen MR) is 177 cm³/mol. The Morgan fingerprint density at radius 3 is 1.18 bits per heavy atom. The van der Waals surface area contributed by atoms with Crippen LogP contribution in [0.1, 0.15) is 168 Å². The lowest BCUT2D eigenvalue weighted by Crippen LogP contribution is -2.37. The zero-order valence-corrected chi connectivity index (χ0v) is 28.9. The van der Waals surface area contributed by atoms with Crippen molar-refractivity contribution in [3.05, 3.63) is 0 Å². The average Bonchev–Trinajstić information content (AvgIpc) is 3.95. The molecule has 3 saturated heterocycles. The summed E-state index contributed by atoms with van der Waals surface area (Å²) in [5.74, 6) is -1.40. The molecule has 0 amide bonds. The molecule has 4 aliphatic rings. The number of rotatable bonds is 28. The fourth-order valence-electron chi connectivity index (χ4n) is 7.38. The Morgan fingerprint density at radius 1 is 0.467 bits per heavy atom. The Labute approximate surface area is 274 Å². The maximum absolute atomic E-state index is 13.0. The normalized spacial score (nSPS) is 29.6. The molecule has 7 heteroatoms. The Kier molecular flexibility index (Phi) is 17.0. The van der Waals surface area contributed by atoms with E-state index in [-0.39, 0.29) is 24.1 Å². The minimum atomic E-state index is -0.445. The van der Waals surface area contributed by atoms with E-state index >= 15 is 0 Å². The highest BCUT2D eigenvalue weighted by atomic mass is 16.6. The molecule has 0 aromatic heterocycles. The summed E-state index contributed by atoms with van der Waals surface area (Å²) in [7, 11) is 0. The van der Waals surface area contributed by atoms with Gasteiger partial charge in [0, 0.05) is 0 Å². The number of unbranched alkanes of at least 4 members (excludes halogenated alkanes) is 14. The highest BCUT2D eigenvalue weighted by molar-refractivity contribution is 5.82. The van der Waals surface area contributed by atoms with Gasteiger partial charge < -0.3 is 23.7 Å². The van der Waals surface area contributed by atoms with Crippen molar-refractivity contribution in [2.75, 3.05) is 13.2 Å². The van der Waals surface area contributed by atoms with Crippen molar-refractivity contribution in [3.8, 4) is 0 Å². The molecule has 0 aromatic rings. The molecule has 3 aliphatic heterocycles. The van der Waals surface area contributed by atoms with Crippen LogP contribution in [-0.2, 0) is 33.3 Å². The second-order valence-corrected chi connectivity index (χ2v) is 14.5. The van der Waals surface area contributed by atoms with E-state index < -0.39 is 11.8 Å². The van der Waals surface area contributed by atoms with E-state index in [9.17, 15) is 9.59 Å². The second-order valence-electron chi connectivity index (χ2n) is 14.5. The van der Waals surface area contributed by atoms with Crippen LogP contribution in [-0.4, -0.2) is 61.8 Å². The van der Waals surface area contributed by atoms with Crippen LogP contribution in [0.2, 0.25) is 0 Å². The summed E-state index contributed by atoms with van der Waals surface area (Å²) in [5.41, 5.74) is 0. The van der Waals surface area contributed by atoms with Crippen molar-refractivity contribution < 1.29 is 33.3 Å². The number of ether oxygens (including phenoxy) is 5. The molecule has 8 unspecified atom stereocenters. The largest absolute Gasteiger partial charge is 0.465 e. The average molecular weight is 635 g/mol. The molecular formula is C38H66O7. The van der Waals surface area contributed by atoms with Crippen molar-refractivity contribution in [1.82, 2.24) is 0 Å². The molecule has 0 N–H and O–H groups in total. The fraction of sp³-hybridized carbons (Fsp3) is 0.947. The number of hydrogen-bond acceptors (Lipinski definition) is 7. The quantitative estimate of drug-likeness (QED) is 0.0482. The minimum absolute atomic E-state index is 0.101. The first-order valence-electron chi connectivity index (χ1n) is 19.4. The number of epoxide rings is 3. The highest BCUT2D eigenvalue weighted by Gasteiger charge is 2.53. The SMILES string of the molecule is CCCCCCCCC1OC1CCCCCOC(=O)C1CC2OC2CC1C(=O)OCCCCCC1OC1CCCCCCCC. The molecular weight excluding hydrogens is 568 g/mol. The summed E-state index contributed by atoms with van der Waals surface area (Å²) in [6.45, 7) is 5.36. The number of carbonyl (C=O) groups excluding carboxylic acids is 2. The third-order valence-electron chi connectivity index (χ3n) is 10.6. The predicted octanol–water partition coefficient (Wildman–Crippen LogP) is 9.02. The van der Waals surface area contributed by atoms with E-state index in [0.29, 0.717) is 50.5 Å². The maximum Gasteiger partial charge on any atom is 0.309 e. The van der Waals surface area contributed by atoms with E-state index in [1.54, 1.807) is 0 Å². The lowest BCUT2D eigenvalue weighted by molar-refractivity contribution is -0.162. The van der Waals surface area contributed by atoms with E-state index in [0.717, 1.165) is 51.4 Å². The Hall–Kier alpha value is -1.18. The molecule has 4 rings (SSSR count). The molecule has 0 aromatic carbocycles. The molecule has 0 radical (unpaired) electrons. The summed E-state index contributed by atoms with van der Waals surface area (Å²) in [6.07, 6.45) is 29.9. The third kappa shape index (κ3) is 14.2. The maximum atomic E-state index is 13.0. The van der Waals surface area contributed by atoms with Crippen molar-refractivity contribution in [2.45, 2.75) is 205 Å². The van der Waals surface area contributed by atoms with Gasteiger partial charge in [0.1, 0.15) is 0 Å². The van der Waals surface area contributed by atoms with Crippen LogP contribution in [0.25, 0.3) is 0 Å². The molecule has 0 spiro atoms. The smallest absolute Gasteiger partial charge is 0.309 e. The summed E-state index contributed by atoms with van der Waals surface area (Å²) >= 11 is 0. The van der Waals surface area contributed by atoms with E-state index in [1.165, 1.54) is 89.9 Å². The topological polar surface area (TPSA) is 90.2 Å². The van der Waals surface area contributed by atoms with Gasteiger partial charge in [-0.05, 0) is 64.2 Å². The van der Waals surface area contributed by atoms with Crippen molar-refractivity contribution in [3.63, 3.8) is 0 Å². The minimum Gasteiger partial charge on any atom is -0.465 e. The molecule has 3 heterocycles. The molecule has 45 heavy (non-hydrogen) atoms. The first-order valence-corrected chi connectivity index (χ1v) is 19.4. The summed E-state index contributed by atoms with van der Waals surface area (Å²) < 4.78 is 28.7. The van der Waals surface area contributed by atoms with E-state index in [1.807, 2.05) is 0 Å². The zero-order chi connectivity index (χ0) is 31.7. The first kappa shape index (κ1) is 36.7. The van der Waals surface area contributed by atoms with E-state index in [4.69, 9.17) is 23.7 Å². The number of esters is 2. The number of hydrogen-bond donors (Lipinski definition) is 0. The molecule has 1 aliphatic carbocycles. The number of carbonyl (C=O) groups is 2. The Bertz CT molecular complexity index is 767. The van der Waals surface area contributed by atoms with Gasteiger partial charge in [-0.1, -0.05) is 104 Å². The molecule has 0 bridgehead atoms. The van der Waals surface area contributed by atoms with Crippen LogP contribution in [0.5, 0.6) is 0 Å². The van der Waals surface area contributed by atoms with Crippen LogP contribution in [0.15, 0.2) is 0 Å². The Morgan fingerprint density at radius 2 is 0.800 bits per heavy atom. The molecule has 260 valence electrons. The van der Waals surface area contributed by atoms with E-state index in [2.05, 4.69) is 13.8 Å². The monoisotopic (exact) mass is 634 g/mol. The van der Waals surface area contributed by atoms with Crippen molar-refractivity contribution >= 4 is 11.9 Å². The summed E-state index contributed by atoms with van der Waals surface area (Å²) in [4.78, 5) is 25.9. The van der Waals surface area contributed by atoms with Gasteiger partial charge in [-0.15, -0.1) is 0 Å². The van der Waals surface area contributed by atoms with Crippen molar-refractivity contribution in [1.29, 1.82) is 0 Å². The van der Waals surface area contributed by atoms with Gasteiger partial charge >= 0.3 is 11.9 Å². The lowest BCUT2D eigenvalue weighted by Gasteiger charge is -2.26. The van der Waals surface area contributed by atoms with Gasteiger partial charge in [0.15, 0.2) is 0 Å². The third-order valence-corrected chi connectivity index (χ3v) is 10.6. The van der Waals surface area contributed by atoms with Crippen LogP contribution >= 0.6 is 0 Å². The van der Waals surface area contributed by atoms with Gasteiger partial charge in [-0.25, -0.2) is 0 Å². The number of fused-ring (bicyclic) bond motifs is 1. The summed E-state index contributed by atoms with van der Waals surface area (Å²) in [6, 6.07) is 0. The highest BCUT2D eigenvalue weighted by Crippen LogP contribution is 2.44. The van der Waals surface area contributed by atoms with Crippen LogP contribution < -0.4 is 0 Å². The molecule has 8 atom stereocenters. The van der Waals surface area contributed by atoms with Gasteiger partial charge in [-0.3, -0.25) is 9.59 Å². The van der Waals surface area contributed by atoms with Gasteiger partial charge in [0.25, 0.3) is 0 Å². The Balaban J connectivity index is 0.976. The van der Waals surface area contributed by atoms with Gasteiger partial charge in [-0.2, -0.15) is 0 Å². The molecule has 4 fully saturated rings. The van der Waals surface area contributed by atoms with Gasteiger partial charge in [0.05, 0.1) is 61.7 Å². The fourth-order valence-corrected chi connectivity index (χ4v) is 7.38. The first-order chi connectivity index (χ1) is 22.1. The second kappa shape index (κ2) is 20.9. The van der Waals surface area contributed by atoms with Crippen LogP contribution in [0.4, 0.5) is 0 Å². The lowest BCUT2D eigenvalue weighted by atomic mass is 9.79. The molecule has 7 nitrogen and oxygen atoms in total. The zero-order valence-electron chi connectivity index (χ0n) is 28.9. The van der Waals surface area contributed by atoms with Crippen LogP contribution in [0, 0.1) is 11.8 Å². The summed E-state index contributed by atoms with van der Waals surface area (Å²) in [5, 5.41) is 0. The van der Waals surface area contributed by atoms with Crippen LogP contribution in [0.3, 0.4) is 0 Å². The van der Waals surface area contributed by atoms with Crippen molar-refractivity contribution in [2.24, 2.45) is 11.8 Å².